The van der Waals surface area contributed by atoms with Crippen molar-refractivity contribution in [2.75, 3.05) is 50.1 Å². The number of ether oxygens (including phenoxy) is 3. The highest BCUT2D eigenvalue weighted by Crippen LogP contribution is 2.38. The molecule has 1 aromatic heterocycles. The van der Waals surface area contributed by atoms with Gasteiger partial charge in [-0.2, -0.15) is 0 Å². The first-order valence-electron chi connectivity index (χ1n) is 12.0. The number of carbonyl (C=O) groups is 3. The molecule has 3 amide bonds. The predicted molar refractivity (Wildman–Crippen MR) is 133 cm³/mol. The van der Waals surface area contributed by atoms with Gasteiger partial charge in [0.05, 0.1) is 17.8 Å². The molecule has 2 aromatic rings. The van der Waals surface area contributed by atoms with Crippen molar-refractivity contribution >= 4 is 41.1 Å². The normalized spacial score (nSPS) is 20.0. The second-order valence-corrected chi connectivity index (χ2v) is 9.46. The molecule has 2 aliphatic heterocycles. The lowest BCUT2D eigenvalue weighted by Gasteiger charge is -2.18. The number of cyclic esters (lactones) is 1. The zero-order valence-electron chi connectivity index (χ0n) is 20.2. The molecule has 5 rings (SSSR count). The van der Waals surface area contributed by atoms with E-state index < -0.39 is 6.09 Å². The van der Waals surface area contributed by atoms with Crippen molar-refractivity contribution in [1.82, 2.24) is 20.6 Å². The standard InChI is InChI=1S/C24H27ClN6O6/c1-26-19(32)11-35-17-3-2-14-6-13(7-16(14)21(17)25)8-27-5-4-15-10-31(24(34)37-15)18-9-28-23-22(29-18)30-20(33)12-36-23/h2-3,9,13,15,27H,4-8,10-12H2,1H3,(H,26,32)(H,29,30,33). The molecular formula is C24H27ClN6O6. The number of likely N-dealkylation sites (N-methyl/N-ethyl adjacent to an activating group) is 1. The Labute approximate surface area is 218 Å². The van der Waals surface area contributed by atoms with Crippen molar-refractivity contribution in [3.8, 4) is 11.6 Å². The lowest BCUT2D eigenvalue weighted by Crippen LogP contribution is -2.30. The van der Waals surface area contributed by atoms with Crippen LogP contribution in [0.5, 0.6) is 11.6 Å². The number of anilines is 2. The van der Waals surface area contributed by atoms with Gasteiger partial charge in [0.25, 0.3) is 17.7 Å². The summed E-state index contributed by atoms with van der Waals surface area (Å²) in [5.74, 6) is 1.07. The molecule has 0 saturated carbocycles. The number of rotatable bonds is 9. The minimum atomic E-state index is -0.502. The van der Waals surface area contributed by atoms with E-state index in [0.29, 0.717) is 42.0 Å². The molecule has 2 atom stereocenters. The van der Waals surface area contributed by atoms with Gasteiger partial charge in [-0.3, -0.25) is 14.5 Å². The number of amides is 3. The number of benzene rings is 1. The summed E-state index contributed by atoms with van der Waals surface area (Å²) in [6.45, 7) is 1.61. The maximum Gasteiger partial charge on any atom is 0.415 e. The molecule has 0 radical (unpaired) electrons. The molecule has 1 aromatic carbocycles. The van der Waals surface area contributed by atoms with Gasteiger partial charge in [0.2, 0.25) is 0 Å². The first kappa shape index (κ1) is 25.0. The number of fused-ring (bicyclic) bond motifs is 2. The van der Waals surface area contributed by atoms with Crippen LogP contribution in [0.2, 0.25) is 5.02 Å². The van der Waals surface area contributed by atoms with Gasteiger partial charge in [0.1, 0.15) is 11.9 Å². The van der Waals surface area contributed by atoms with Gasteiger partial charge >= 0.3 is 6.09 Å². The molecule has 13 heteroatoms. The lowest BCUT2D eigenvalue weighted by molar-refractivity contribution is -0.122. The molecule has 1 saturated heterocycles. The Morgan fingerprint density at radius 3 is 3.03 bits per heavy atom. The van der Waals surface area contributed by atoms with Crippen LogP contribution < -0.4 is 30.3 Å². The van der Waals surface area contributed by atoms with Crippen LogP contribution >= 0.6 is 11.6 Å². The first-order chi connectivity index (χ1) is 17.9. The highest BCUT2D eigenvalue weighted by molar-refractivity contribution is 6.33. The van der Waals surface area contributed by atoms with Crippen LogP contribution in [0.4, 0.5) is 16.4 Å². The topological polar surface area (TPSA) is 144 Å². The smallest absolute Gasteiger partial charge is 0.415 e. The molecule has 2 unspecified atom stereocenters. The van der Waals surface area contributed by atoms with E-state index in [2.05, 4.69) is 25.9 Å². The number of hydrogen-bond acceptors (Lipinski definition) is 9. The lowest BCUT2D eigenvalue weighted by atomic mass is 10.1. The average molecular weight is 531 g/mol. The third-order valence-electron chi connectivity index (χ3n) is 6.49. The fraction of sp³-hybridized carbons (Fsp3) is 0.458. The monoisotopic (exact) mass is 530 g/mol. The van der Waals surface area contributed by atoms with Crippen molar-refractivity contribution in [2.45, 2.75) is 25.4 Å². The van der Waals surface area contributed by atoms with Gasteiger partial charge in [-0.25, -0.2) is 14.8 Å². The molecule has 1 fully saturated rings. The van der Waals surface area contributed by atoms with E-state index in [1.54, 1.807) is 7.05 Å². The highest BCUT2D eigenvalue weighted by Gasteiger charge is 2.34. The molecule has 12 nitrogen and oxygen atoms in total. The van der Waals surface area contributed by atoms with E-state index in [0.717, 1.165) is 24.9 Å². The fourth-order valence-electron chi connectivity index (χ4n) is 4.61. The molecule has 0 bridgehead atoms. The van der Waals surface area contributed by atoms with Crippen molar-refractivity contribution in [3.05, 3.63) is 34.5 Å². The Kier molecular flexibility index (Phi) is 7.28. The van der Waals surface area contributed by atoms with Crippen LogP contribution in [0.1, 0.15) is 17.5 Å². The second-order valence-electron chi connectivity index (χ2n) is 9.08. The minimum Gasteiger partial charge on any atom is -0.482 e. The maximum atomic E-state index is 12.4. The van der Waals surface area contributed by atoms with Crippen molar-refractivity contribution < 1.29 is 28.6 Å². The molecule has 1 aliphatic carbocycles. The number of halogens is 1. The molecule has 196 valence electrons. The molecule has 3 N–H and O–H groups in total. The zero-order valence-corrected chi connectivity index (χ0v) is 21.0. The third kappa shape index (κ3) is 5.54. The van der Waals surface area contributed by atoms with Crippen LogP contribution in [0.3, 0.4) is 0 Å². The molecule has 3 aliphatic rings. The largest absolute Gasteiger partial charge is 0.482 e. The van der Waals surface area contributed by atoms with E-state index in [4.69, 9.17) is 25.8 Å². The highest BCUT2D eigenvalue weighted by atomic mass is 35.5. The Hall–Kier alpha value is -3.64. The SMILES string of the molecule is CNC(=O)COc1ccc2c(c1Cl)CC(CNCCC1CN(c3cnc4c(n3)NC(=O)CO4)C(=O)O1)C2. The van der Waals surface area contributed by atoms with Crippen molar-refractivity contribution in [1.29, 1.82) is 0 Å². The molecular weight excluding hydrogens is 504 g/mol. The number of aromatic nitrogens is 2. The summed E-state index contributed by atoms with van der Waals surface area (Å²) in [6.07, 6.45) is 2.99. The van der Waals surface area contributed by atoms with Gasteiger partial charge in [-0.1, -0.05) is 17.7 Å². The first-order valence-corrected chi connectivity index (χ1v) is 12.4. The van der Waals surface area contributed by atoms with E-state index in [1.165, 1.54) is 16.7 Å². The molecule has 37 heavy (non-hydrogen) atoms. The van der Waals surface area contributed by atoms with Gasteiger partial charge in [-0.05, 0) is 55.5 Å². The van der Waals surface area contributed by atoms with Crippen molar-refractivity contribution in [2.24, 2.45) is 5.92 Å². The predicted octanol–water partition coefficient (Wildman–Crippen LogP) is 1.31. The van der Waals surface area contributed by atoms with E-state index in [9.17, 15) is 14.4 Å². The summed E-state index contributed by atoms with van der Waals surface area (Å²) < 4.78 is 16.3. The number of carbonyl (C=O) groups excluding carboxylic acids is 3. The number of hydrogen-bond donors (Lipinski definition) is 3. The zero-order chi connectivity index (χ0) is 25.9. The van der Waals surface area contributed by atoms with Crippen molar-refractivity contribution in [3.63, 3.8) is 0 Å². The summed E-state index contributed by atoms with van der Waals surface area (Å²) in [4.78, 5) is 45.2. The third-order valence-corrected chi connectivity index (χ3v) is 6.91. The van der Waals surface area contributed by atoms with Crippen LogP contribution in [0.15, 0.2) is 18.3 Å². The van der Waals surface area contributed by atoms with Gasteiger partial charge in [0.15, 0.2) is 24.8 Å². The average Bonchev–Trinajstić information content (AvgIpc) is 3.49. The Morgan fingerprint density at radius 1 is 1.32 bits per heavy atom. The quantitative estimate of drug-likeness (QED) is 0.409. The Balaban J connectivity index is 1.08. The Morgan fingerprint density at radius 2 is 2.19 bits per heavy atom. The summed E-state index contributed by atoms with van der Waals surface area (Å²) in [5, 5.41) is 9.13. The second kappa shape index (κ2) is 10.8. The van der Waals surface area contributed by atoms with Gasteiger partial charge < -0.3 is 30.2 Å². The molecule has 3 heterocycles. The summed E-state index contributed by atoms with van der Waals surface area (Å²) in [5.41, 5.74) is 2.26. The number of nitrogens with one attached hydrogen (secondary N) is 3. The van der Waals surface area contributed by atoms with Gasteiger partial charge in [0, 0.05) is 7.05 Å². The van der Waals surface area contributed by atoms with Crippen LogP contribution in [-0.2, 0) is 27.2 Å². The van der Waals surface area contributed by atoms with E-state index in [-0.39, 0.29) is 42.8 Å². The summed E-state index contributed by atoms with van der Waals surface area (Å²) in [7, 11) is 1.56. The molecule has 0 spiro atoms. The summed E-state index contributed by atoms with van der Waals surface area (Å²) >= 11 is 6.55. The van der Waals surface area contributed by atoms with E-state index in [1.807, 2.05) is 12.1 Å². The van der Waals surface area contributed by atoms with Crippen LogP contribution in [0, 0.1) is 5.92 Å². The fourth-order valence-corrected chi connectivity index (χ4v) is 4.93. The summed E-state index contributed by atoms with van der Waals surface area (Å²) in [6, 6.07) is 3.82. The van der Waals surface area contributed by atoms with Gasteiger partial charge in [-0.15, -0.1) is 0 Å². The minimum absolute atomic E-state index is 0.0762. The maximum absolute atomic E-state index is 12.4. The van der Waals surface area contributed by atoms with Crippen LogP contribution in [0.25, 0.3) is 0 Å². The van der Waals surface area contributed by atoms with E-state index >= 15 is 0 Å². The Bertz CT molecular complexity index is 1230. The number of nitrogens with zero attached hydrogens (tertiary/aromatic N) is 3. The van der Waals surface area contributed by atoms with Crippen LogP contribution in [-0.4, -0.2) is 73.9 Å².